The van der Waals surface area contributed by atoms with Crippen molar-refractivity contribution in [3.8, 4) is 24.3 Å². The number of likely N-dealkylation sites (tertiary alicyclic amines) is 1. The van der Waals surface area contributed by atoms with E-state index in [-0.39, 0.29) is 82.3 Å². The van der Waals surface area contributed by atoms with Crippen LogP contribution in [0.2, 0.25) is 0 Å². The fourth-order valence-electron chi connectivity index (χ4n) is 4.94. The molecular weight excluding hydrogens is 1020 g/mol. The monoisotopic (exact) mass is 1130 g/mol. The summed E-state index contributed by atoms with van der Waals surface area (Å²) in [5.41, 5.74) is -1.30. The molecule has 0 aromatic carbocycles. The third kappa shape index (κ3) is 29.4. The fraction of sp³-hybridized carbons (Fsp3) is 0.823. The Labute approximate surface area is 484 Å². The first-order valence-corrected chi connectivity index (χ1v) is 27.7. The van der Waals surface area contributed by atoms with Crippen molar-refractivity contribution in [2.75, 3.05) is 21.3 Å². The lowest BCUT2D eigenvalue weighted by molar-refractivity contribution is -0.156. The number of ether oxygens (including phenoxy) is 6. The zero-order chi connectivity index (χ0) is 65.2. The molecule has 0 radical (unpaired) electrons. The van der Waals surface area contributed by atoms with Gasteiger partial charge in [0.25, 0.3) is 0 Å². The predicted molar refractivity (Wildman–Crippen MR) is 310 cm³/mol. The Morgan fingerprint density at radius 2 is 0.950 bits per heavy atom. The summed E-state index contributed by atoms with van der Waals surface area (Å²) >= 11 is 0. The standard InChI is InChI=1S/C8H18O.C8H18.2C7H11NO2.C7H10O3.C7H14O2.C6H8N2.C6H11N.C6H8O3/c1-7(2,3)8(4,5)9-6;1-7(2,3)8(4,5)6;1-4-5(2)7(10)8(3)6(4)9;1-4-7(2,5-8)6(9)10-3;1-3-7(2)4-5(8)10-6(7)9;1-5-6(2)9-7(3,4)8-5;1-3-6(2,4-7)5-8;1-4-6(2,3)5-7;1-3-4(2)6(8)9-5(3)7/h1-6H3;1-6H3;4-5H,1-3H3;4H2,1-3H3;3-4H2,1-2H3;5-6H,1-4H3;3H2,1-2H3;4H2,1-3H3;3-4H,1-2H3. The highest BCUT2D eigenvalue weighted by molar-refractivity contribution is 6.04. The minimum Gasteiger partial charge on any atom is -0.468 e. The molecule has 8 atom stereocenters. The number of hydrogen-bond acceptors (Lipinski definition) is 17. The van der Waals surface area contributed by atoms with Gasteiger partial charge in [-0.1, -0.05) is 118 Å². The summed E-state index contributed by atoms with van der Waals surface area (Å²) in [6.45, 7) is 55.6. The summed E-state index contributed by atoms with van der Waals surface area (Å²) in [6.07, 6.45) is 3.39. The van der Waals surface area contributed by atoms with Gasteiger partial charge in [0.2, 0.25) is 11.8 Å². The number of carbonyl (C=O) groups excluding carboxylic acids is 7. The molecule has 80 heavy (non-hydrogen) atoms. The Morgan fingerprint density at radius 1 is 0.575 bits per heavy atom. The molecule has 4 fully saturated rings. The van der Waals surface area contributed by atoms with Crippen LogP contribution in [0.5, 0.6) is 0 Å². The van der Waals surface area contributed by atoms with Gasteiger partial charge in [-0.25, -0.2) is 0 Å². The molecule has 18 heteroatoms. The molecule has 0 aromatic rings. The number of cyclic esters (lactones) is 4. The molecule has 4 heterocycles. The van der Waals surface area contributed by atoms with Gasteiger partial charge in [-0.15, -0.1) is 0 Å². The summed E-state index contributed by atoms with van der Waals surface area (Å²) in [4.78, 5) is 76.7. The van der Waals surface area contributed by atoms with Crippen LogP contribution in [0.25, 0.3) is 0 Å². The maximum atomic E-state index is 11.0. The van der Waals surface area contributed by atoms with E-state index in [4.69, 9.17) is 35.3 Å². The van der Waals surface area contributed by atoms with Gasteiger partial charge in [-0.05, 0) is 118 Å². The first-order valence-electron chi connectivity index (χ1n) is 27.7. The normalized spacial score (nSPS) is 23.6. The largest absolute Gasteiger partial charge is 0.468 e. The summed E-state index contributed by atoms with van der Waals surface area (Å²) < 4.78 is 29.3. The third-order valence-corrected chi connectivity index (χ3v) is 16.0. The zero-order valence-electron chi connectivity index (χ0n) is 55.5. The van der Waals surface area contributed by atoms with E-state index in [1.807, 2.05) is 80.5 Å². The zero-order valence-corrected chi connectivity index (χ0v) is 55.5. The van der Waals surface area contributed by atoms with Gasteiger partial charge in [-0.2, -0.15) is 21.0 Å². The summed E-state index contributed by atoms with van der Waals surface area (Å²) in [7, 11) is 4.57. The molecule has 4 rings (SSSR count). The minimum atomic E-state index is -0.964. The van der Waals surface area contributed by atoms with E-state index in [1.54, 1.807) is 62.5 Å². The summed E-state index contributed by atoms with van der Waals surface area (Å²) in [5, 5.41) is 33.5. The number of imide groups is 1. The van der Waals surface area contributed by atoms with E-state index >= 15 is 0 Å². The molecule has 4 aliphatic rings. The molecule has 8 unspecified atom stereocenters. The number of nitrogens with zero attached hydrogens (tertiary/aromatic N) is 5. The van der Waals surface area contributed by atoms with Crippen LogP contribution in [0.4, 0.5) is 0 Å². The van der Waals surface area contributed by atoms with Gasteiger partial charge in [0.1, 0.15) is 5.41 Å². The smallest absolute Gasteiger partial charge is 0.325 e. The number of esters is 5. The van der Waals surface area contributed by atoms with Crippen molar-refractivity contribution in [2.45, 2.75) is 250 Å². The molecule has 4 saturated heterocycles. The van der Waals surface area contributed by atoms with Crippen LogP contribution in [0.1, 0.15) is 226 Å². The lowest BCUT2D eigenvalue weighted by atomic mass is 9.71. The molecule has 0 spiro atoms. The second-order valence-electron chi connectivity index (χ2n) is 26.0. The van der Waals surface area contributed by atoms with Crippen molar-refractivity contribution in [3.63, 3.8) is 0 Å². The van der Waals surface area contributed by atoms with Crippen LogP contribution in [-0.4, -0.2) is 91.4 Å². The number of amides is 2. The number of nitriles is 4. The Morgan fingerprint density at radius 3 is 1.02 bits per heavy atom. The summed E-state index contributed by atoms with van der Waals surface area (Å²) in [5.74, 6) is -3.26. The lowest BCUT2D eigenvalue weighted by Gasteiger charge is -2.37. The summed E-state index contributed by atoms with van der Waals surface area (Å²) in [6, 6.07) is 7.93. The molecular formula is C62H109N5O13. The van der Waals surface area contributed by atoms with E-state index < -0.39 is 40.1 Å². The van der Waals surface area contributed by atoms with Crippen LogP contribution in [0.15, 0.2) is 0 Å². The van der Waals surface area contributed by atoms with Gasteiger partial charge in [0, 0.05) is 26.0 Å². The van der Waals surface area contributed by atoms with Crippen molar-refractivity contribution in [3.05, 3.63) is 0 Å². The number of methoxy groups -OCH3 is 2. The second kappa shape index (κ2) is 34.9. The number of hydrogen-bond donors (Lipinski definition) is 0. The highest BCUT2D eigenvalue weighted by Gasteiger charge is 2.44. The van der Waals surface area contributed by atoms with Crippen LogP contribution >= 0.6 is 0 Å². The molecule has 0 aliphatic carbocycles. The average molecular weight is 1130 g/mol. The van der Waals surface area contributed by atoms with Crippen molar-refractivity contribution in [1.82, 2.24) is 4.90 Å². The highest BCUT2D eigenvalue weighted by Crippen LogP contribution is 2.37. The quantitative estimate of drug-likeness (QED) is 0.103. The predicted octanol–water partition coefficient (Wildman–Crippen LogP) is 13.1. The van der Waals surface area contributed by atoms with Gasteiger partial charge >= 0.3 is 29.8 Å². The SMILES string of the molecule is CC(C)(C)C(C)(C)C.CC1C(=O)N(C)C(=O)C1C.CC1C(=O)OC(=O)C1C.CC1OC(C)(C)OC1C.CCC(C)(C#N)C#N.CCC(C)(C#N)C(=O)OC.CCC(C)(C)C#N.CCC1(C)CC(=O)OC1=O.COC(C)(C)C(C)(C)C. The van der Waals surface area contributed by atoms with Crippen LogP contribution in [-0.2, 0) is 62.0 Å². The van der Waals surface area contributed by atoms with Gasteiger partial charge < -0.3 is 28.4 Å². The van der Waals surface area contributed by atoms with E-state index in [0.717, 1.165) is 6.42 Å². The third-order valence-electron chi connectivity index (χ3n) is 16.0. The minimum absolute atomic E-state index is 0.0208. The van der Waals surface area contributed by atoms with Crippen molar-refractivity contribution in [1.29, 1.82) is 21.0 Å². The van der Waals surface area contributed by atoms with Crippen molar-refractivity contribution >= 4 is 41.7 Å². The first kappa shape index (κ1) is 83.5. The average Bonchev–Trinajstić information content (AvgIpc) is 3.94. The van der Waals surface area contributed by atoms with Gasteiger partial charge in [0.15, 0.2) is 11.2 Å². The second-order valence-corrected chi connectivity index (χ2v) is 26.0. The Hall–Kier alpha value is -5.27. The van der Waals surface area contributed by atoms with E-state index in [0.29, 0.717) is 30.1 Å². The Kier molecular flexibility index (Phi) is 36.4. The molecule has 460 valence electrons. The molecule has 0 saturated carbocycles. The van der Waals surface area contributed by atoms with Crippen molar-refractivity contribution in [2.24, 2.45) is 61.6 Å². The van der Waals surface area contributed by atoms with Gasteiger partial charge in [-0.3, -0.25) is 38.5 Å². The Balaban J connectivity index is -0.000000264. The maximum absolute atomic E-state index is 11.0. The van der Waals surface area contributed by atoms with Gasteiger partial charge in [0.05, 0.1) is 78.3 Å². The molecule has 4 aliphatic heterocycles. The van der Waals surface area contributed by atoms with Crippen LogP contribution in [0.3, 0.4) is 0 Å². The molecule has 0 N–H and O–H groups in total. The number of rotatable bonds is 6. The van der Waals surface area contributed by atoms with E-state index in [9.17, 15) is 33.6 Å². The van der Waals surface area contributed by atoms with Crippen LogP contribution in [0, 0.1) is 107 Å². The van der Waals surface area contributed by atoms with Crippen LogP contribution < -0.4 is 0 Å². The van der Waals surface area contributed by atoms with Crippen molar-refractivity contribution < 1.29 is 62.0 Å². The molecule has 0 bridgehead atoms. The number of carbonyl (C=O) groups is 7. The van der Waals surface area contributed by atoms with E-state index in [2.05, 4.69) is 96.4 Å². The molecule has 2 amide bonds. The lowest BCUT2D eigenvalue weighted by Crippen LogP contribution is -2.38. The Bertz CT molecular complexity index is 2090. The first-order chi connectivity index (χ1) is 35.7. The fourth-order valence-corrected chi connectivity index (χ4v) is 4.94. The molecule has 18 nitrogen and oxygen atoms in total. The topological polar surface area (TPSA) is 273 Å². The maximum Gasteiger partial charge on any atom is 0.325 e. The highest BCUT2D eigenvalue weighted by atomic mass is 16.7. The van der Waals surface area contributed by atoms with E-state index in [1.165, 1.54) is 19.1 Å². The molecule has 0 aromatic heterocycles.